The molecule has 0 spiro atoms. The molecule has 32 heavy (non-hydrogen) atoms. The fourth-order valence-corrected chi connectivity index (χ4v) is 4.58. The van der Waals surface area contributed by atoms with E-state index in [1.807, 2.05) is 11.8 Å². The second-order valence-corrected chi connectivity index (χ2v) is 9.27. The largest absolute Gasteiger partial charge is 0.726 e. The average Bonchev–Trinajstić information content (AvgIpc) is 2.69. The highest BCUT2D eigenvalue weighted by atomic mass is 32.3. The monoisotopic (exact) mass is 524 g/mol. The fraction of sp³-hybridized carbons (Fsp3) is 0.947. The molecule has 0 aromatic carbocycles. The molecule has 196 valence electrons. The Kier molecular flexibility index (Phi) is 25.2. The molecule has 0 aromatic rings. The van der Waals surface area contributed by atoms with Crippen LogP contribution in [-0.2, 0) is 33.3 Å². The highest BCUT2D eigenvalue weighted by Gasteiger charge is 2.19. The summed E-state index contributed by atoms with van der Waals surface area (Å²) in [5.41, 5.74) is 0. The first kappa shape index (κ1) is 36.1. The van der Waals surface area contributed by atoms with Crippen LogP contribution in [0.1, 0.15) is 68.2 Å². The topological polar surface area (TPSA) is 125 Å². The van der Waals surface area contributed by atoms with Crippen molar-refractivity contribution < 1.29 is 38.5 Å². The number of rotatable bonds is 13. The minimum atomic E-state index is -4.42. The number of hydrogen-bond donors (Lipinski definition) is 0. The van der Waals surface area contributed by atoms with E-state index in [1.54, 1.807) is 13.8 Å². The first-order chi connectivity index (χ1) is 14.9. The van der Waals surface area contributed by atoms with E-state index in [1.165, 1.54) is 30.7 Å². The zero-order valence-electron chi connectivity index (χ0n) is 21.0. The number of nitrogens with zero attached hydrogens (tertiary/aromatic N) is 2. The van der Waals surface area contributed by atoms with Crippen LogP contribution in [0, 0.1) is 0 Å². The second-order valence-electron chi connectivity index (χ2n) is 5.87. The van der Waals surface area contributed by atoms with Crippen molar-refractivity contribution in [1.82, 2.24) is 4.90 Å². The summed E-state index contributed by atoms with van der Waals surface area (Å²) in [6, 6.07) is 0. The summed E-state index contributed by atoms with van der Waals surface area (Å²) >= 11 is 2.03. The Balaban J connectivity index is -0.000000442. The van der Waals surface area contributed by atoms with Gasteiger partial charge in [-0.1, -0.05) is 13.3 Å². The van der Waals surface area contributed by atoms with E-state index in [-0.39, 0.29) is 19.8 Å². The van der Waals surface area contributed by atoms with Crippen molar-refractivity contribution in [2.75, 3.05) is 51.8 Å². The molecular formula is C19H44N2O8S3. The lowest BCUT2D eigenvalue weighted by Gasteiger charge is -2.18. The molecule has 0 unspecified atom stereocenters. The molecule has 13 heteroatoms. The third-order valence-corrected chi connectivity index (χ3v) is 6.42. The molecule has 0 bridgehead atoms. The molecule has 0 aliphatic rings. The quantitative estimate of drug-likeness (QED) is 0.0886. The number of unbranched alkanes of at least 4 members (excludes halogenated alkanes) is 1. The number of thioether (sulfide) groups is 1. The maximum absolute atomic E-state index is 10.4. The summed E-state index contributed by atoms with van der Waals surface area (Å²) < 4.78 is 63.7. The SMILES string of the molecule is CCCCSC(N(CC)CC)=[N+](CC)CC.CCOS(=O)(=O)OCC.CCOS(=O)(=O)[O-]. The van der Waals surface area contributed by atoms with Gasteiger partial charge in [0.05, 0.1) is 46.0 Å². The van der Waals surface area contributed by atoms with E-state index < -0.39 is 20.8 Å². The van der Waals surface area contributed by atoms with Gasteiger partial charge in [-0.2, -0.15) is 8.42 Å². The van der Waals surface area contributed by atoms with Gasteiger partial charge in [0.25, 0.3) is 0 Å². The van der Waals surface area contributed by atoms with Crippen molar-refractivity contribution in [3.8, 4) is 0 Å². The molecular weight excluding hydrogens is 480 g/mol. The predicted octanol–water partition coefficient (Wildman–Crippen LogP) is 3.06. The lowest BCUT2D eigenvalue weighted by Crippen LogP contribution is -2.36. The van der Waals surface area contributed by atoms with Crippen LogP contribution in [0.5, 0.6) is 0 Å². The Morgan fingerprint density at radius 1 is 0.812 bits per heavy atom. The lowest BCUT2D eigenvalue weighted by molar-refractivity contribution is -0.522. The normalized spacial score (nSPS) is 11.0. The lowest BCUT2D eigenvalue weighted by atomic mass is 10.4. The fourth-order valence-electron chi connectivity index (χ4n) is 2.15. The van der Waals surface area contributed by atoms with Gasteiger partial charge in [-0.15, -0.1) is 0 Å². The summed E-state index contributed by atoms with van der Waals surface area (Å²) in [6.45, 7) is 20.4. The molecule has 0 amide bonds. The Bertz CT molecular complexity index is 646. The molecule has 0 N–H and O–H groups in total. The molecule has 0 saturated heterocycles. The molecule has 0 radical (unpaired) electrons. The maximum atomic E-state index is 10.4. The van der Waals surface area contributed by atoms with E-state index in [2.05, 4.69) is 56.6 Å². The van der Waals surface area contributed by atoms with Gasteiger partial charge in [-0.25, -0.2) is 16.8 Å². The van der Waals surface area contributed by atoms with E-state index in [4.69, 9.17) is 0 Å². The molecule has 0 rings (SSSR count). The Labute approximate surface area is 201 Å². The average molecular weight is 525 g/mol. The predicted molar refractivity (Wildman–Crippen MR) is 130 cm³/mol. The van der Waals surface area contributed by atoms with Crippen LogP contribution in [0.15, 0.2) is 0 Å². The smallest absolute Gasteiger partial charge is 0.399 e. The first-order valence-corrected chi connectivity index (χ1v) is 14.7. The summed E-state index contributed by atoms with van der Waals surface area (Å²) in [7, 11) is -8.11. The maximum Gasteiger partial charge on any atom is 0.399 e. The summed E-state index contributed by atoms with van der Waals surface area (Å²) in [5, 5.41) is 1.48. The van der Waals surface area contributed by atoms with Crippen LogP contribution in [0.3, 0.4) is 0 Å². The highest BCUT2D eigenvalue weighted by molar-refractivity contribution is 8.13. The van der Waals surface area contributed by atoms with E-state index in [0.29, 0.717) is 0 Å². The summed E-state index contributed by atoms with van der Waals surface area (Å²) in [4.78, 5) is 2.48. The number of hydrogen-bond acceptors (Lipinski definition) is 9. The van der Waals surface area contributed by atoms with Crippen molar-refractivity contribution in [2.45, 2.75) is 68.2 Å². The zero-order valence-corrected chi connectivity index (χ0v) is 23.4. The van der Waals surface area contributed by atoms with Crippen LogP contribution in [0.4, 0.5) is 0 Å². The third kappa shape index (κ3) is 22.7. The van der Waals surface area contributed by atoms with Crippen molar-refractivity contribution in [2.24, 2.45) is 0 Å². The second kappa shape index (κ2) is 22.4. The van der Waals surface area contributed by atoms with Gasteiger partial charge in [0.2, 0.25) is 10.4 Å². The molecule has 0 atom stereocenters. The molecule has 0 fully saturated rings. The highest BCUT2D eigenvalue weighted by Crippen LogP contribution is 2.11. The molecule has 10 nitrogen and oxygen atoms in total. The zero-order chi connectivity index (χ0) is 25.6. The van der Waals surface area contributed by atoms with Crippen LogP contribution < -0.4 is 0 Å². The van der Waals surface area contributed by atoms with Gasteiger partial charge < -0.3 is 4.55 Å². The molecule has 0 aromatic heterocycles. The Morgan fingerprint density at radius 2 is 1.25 bits per heavy atom. The standard InChI is InChI=1S/C13H29N2S.C4H10O4S.C2H6O4S/c1-6-11-12-16-13(14(7-2)8-3)15(9-4)10-5;1-3-7-9(5,6)8-4-2;1-2-6-7(3,4)5/h6-12H2,1-5H3;3-4H2,1-2H3;2H2,1H3,(H,3,4,5)/q+1;;/p-1. The van der Waals surface area contributed by atoms with Gasteiger partial charge in [-0.3, -0.25) is 13.7 Å². The van der Waals surface area contributed by atoms with Crippen LogP contribution in [0.2, 0.25) is 0 Å². The van der Waals surface area contributed by atoms with Gasteiger partial charge >= 0.3 is 15.6 Å². The minimum absolute atomic E-state index is 0.0914. The van der Waals surface area contributed by atoms with Gasteiger partial charge in [0.15, 0.2) is 0 Å². The van der Waals surface area contributed by atoms with E-state index in [0.717, 1.165) is 26.2 Å². The molecule has 0 saturated carbocycles. The van der Waals surface area contributed by atoms with Crippen LogP contribution in [0.25, 0.3) is 0 Å². The number of amidine groups is 1. The van der Waals surface area contributed by atoms with Gasteiger partial charge in [-0.05, 0) is 66.6 Å². The molecule has 0 aliphatic heterocycles. The Morgan fingerprint density at radius 3 is 1.50 bits per heavy atom. The first-order valence-electron chi connectivity index (χ1n) is 11.1. The third-order valence-electron chi connectivity index (χ3n) is 3.58. The van der Waals surface area contributed by atoms with Crippen LogP contribution in [-0.4, -0.2) is 87.8 Å². The summed E-state index contributed by atoms with van der Waals surface area (Å²) in [6.07, 6.45) is 2.60. The molecule has 0 aliphatic carbocycles. The van der Waals surface area contributed by atoms with Crippen LogP contribution >= 0.6 is 11.8 Å². The summed E-state index contributed by atoms with van der Waals surface area (Å²) in [5.74, 6) is 1.25. The Hall–Kier alpha value is -0.440. The van der Waals surface area contributed by atoms with Crippen molar-refractivity contribution in [3.05, 3.63) is 0 Å². The van der Waals surface area contributed by atoms with Crippen molar-refractivity contribution >= 4 is 37.7 Å². The van der Waals surface area contributed by atoms with E-state index >= 15 is 0 Å². The van der Waals surface area contributed by atoms with Gasteiger partial charge in [0, 0.05) is 5.75 Å². The van der Waals surface area contributed by atoms with Crippen molar-refractivity contribution in [3.63, 3.8) is 0 Å². The van der Waals surface area contributed by atoms with Gasteiger partial charge in [0.1, 0.15) is 0 Å². The van der Waals surface area contributed by atoms with E-state index in [9.17, 15) is 21.4 Å². The van der Waals surface area contributed by atoms with Crippen molar-refractivity contribution in [1.29, 1.82) is 0 Å². The minimum Gasteiger partial charge on any atom is -0.726 e. The molecule has 0 heterocycles.